The number of hydrogen-bond acceptors (Lipinski definition) is 4. The van der Waals surface area contributed by atoms with Crippen molar-refractivity contribution in [3.63, 3.8) is 0 Å². The molecule has 1 saturated heterocycles. The maximum atomic E-state index is 12.1. The summed E-state index contributed by atoms with van der Waals surface area (Å²) in [7, 11) is 0. The topological polar surface area (TPSA) is 36.0 Å². The lowest BCUT2D eigenvalue weighted by Gasteiger charge is -2.36. The number of rotatable bonds is 5. The molecule has 2 aliphatic heterocycles. The number of hydrogen-bond donors (Lipinski definition) is 0. The first kappa shape index (κ1) is 18.1. The van der Waals surface area contributed by atoms with E-state index in [1.54, 1.807) is 4.90 Å². The van der Waals surface area contributed by atoms with E-state index >= 15 is 0 Å². The lowest BCUT2D eigenvalue weighted by molar-refractivity contribution is 0.141. The number of benzene rings is 2. The van der Waals surface area contributed by atoms with Crippen LogP contribution in [0.4, 0.5) is 16.2 Å². The average molecular weight is 386 g/mol. The van der Waals surface area contributed by atoms with Crippen molar-refractivity contribution in [1.82, 2.24) is 4.90 Å². The molecule has 0 radical (unpaired) electrons. The molecule has 6 heteroatoms. The van der Waals surface area contributed by atoms with E-state index in [4.69, 9.17) is 16.3 Å². The summed E-state index contributed by atoms with van der Waals surface area (Å²) >= 11 is 6.10. The average Bonchev–Trinajstić information content (AvgIpc) is 2.70. The number of amides is 1. The molecule has 27 heavy (non-hydrogen) atoms. The van der Waals surface area contributed by atoms with E-state index < -0.39 is 0 Å². The Morgan fingerprint density at radius 2 is 1.78 bits per heavy atom. The molecule has 0 saturated carbocycles. The molecule has 0 atom stereocenters. The van der Waals surface area contributed by atoms with Crippen LogP contribution in [0.1, 0.15) is 12.0 Å². The van der Waals surface area contributed by atoms with Crippen molar-refractivity contribution in [1.29, 1.82) is 0 Å². The van der Waals surface area contributed by atoms with Crippen LogP contribution in [0.15, 0.2) is 48.5 Å². The Bertz CT molecular complexity index is 806. The zero-order chi connectivity index (χ0) is 18.6. The van der Waals surface area contributed by atoms with E-state index in [9.17, 15) is 4.79 Å². The summed E-state index contributed by atoms with van der Waals surface area (Å²) < 4.78 is 5.29. The third-order valence-corrected chi connectivity index (χ3v) is 5.49. The lowest BCUT2D eigenvalue weighted by Crippen LogP contribution is -2.47. The molecule has 1 fully saturated rings. The summed E-state index contributed by atoms with van der Waals surface area (Å²) in [6.07, 6.45) is 0.695. The highest BCUT2D eigenvalue weighted by atomic mass is 35.5. The third kappa shape index (κ3) is 4.20. The van der Waals surface area contributed by atoms with Gasteiger partial charge in [-0.25, -0.2) is 4.79 Å². The van der Waals surface area contributed by atoms with Gasteiger partial charge >= 0.3 is 6.09 Å². The summed E-state index contributed by atoms with van der Waals surface area (Å²) in [6.45, 7) is 6.07. The van der Waals surface area contributed by atoms with Gasteiger partial charge in [0.1, 0.15) is 6.61 Å². The van der Waals surface area contributed by atoms with Crippen LogP contribution < -0.4 is 9.80 Å². The maximum absolute atomic E-state index is 12.1. The smallest absolute Gasteiger partial charge is 0.414 e. The molecule has 4 rings (SSSR count). The van der Waals surface area contributed by atoms with Gasteiger partial charge in [-0.2, -0.15) is 0 Å². The maximum Gasteiger partial charge on any atom is 0.414 e. The molecule has 0 unspecified atom stereocenters. The number of ether oxygens (including phenoxy) is 1. The van der Waals surface area contributed by atoms with E-state index in [1.165, 1.54) is 5.69 Å². The van der Waals surface area contributed by atoms with Crippen molar-refractivity contribution < 1.29 is 9.53 Å². The van der Waals surface area contributed by atoms with Gasteiger partial charge in [0.15, 0.2) is 0 Å². The number of nitrogens with zero attached hydrogens (tertiary/aromatic N) is 3. The van der Waals surface area contributed by atoms with E-state index in [0.717, 1.165) is 55.4 Å². The van der Waals surface area contributed by atoms with Gasteiger partial charge in [-0.15, -0.1) is 0 Å². The number of cyclic esters (lactones) is 1. The minimum atomic E-state index is -0.237. The highest BCUT2D eigenvalue weighted by Gasteiger charge is 2.25. The van der Waals surface area contributed by atoms with Gasteiger partial charge in [0.05, 0.1) is 5.69 Å². The first-order valence-electron chi connectivity index (χ1n) is 9.46. The largest absolute Gasteiger partial charge is 0.444 e. The molecule has 0 spiro atoms. The van der Waals surface area contributed by atoms with Crippen molar-refractivity contribution in [3.8, 4) is 0 Å². The Balaban J connectivity index is 1.27. The van der Waals surface area contributed by atoms with Gasteiger partial charge in [-0.05, 0) is 37.2 Å². The molecule has 2 heterocycles. The molecule has 0 N–H and O–H groups in total. The predicted octanol–water partition coefficient (Wildman–Crippen LogP) is 4.01. The first-order chi connectivity index (χ1) is 13.2. The van der Waals surface area contributed by atoms with Crippen LogP contribution >= 0.6 is 11.6 Å². The molecule has 0 bridgehead atoms. The van der Waals surface area contributed by atoms with Crippen LogP contribution in [0, 0.1) is 0 Å². The summed E-state index contributed by atoms with van der Waals surface area (Å²) in [6, 6.07) is 16.0. The normalized spacial score (nSPS) is 17.6. The molecular formula is C21H24ClN3O2. The van der Waals surface area contributed by atoms with Crippen LogP contribution in [0.2, 0.25) is 5.02 Å². The van der Waals surface area contributed by atoms with Gasteiger partial charge in [-0.3, -0.25) is 9.80 Å². The monoisotopic (exact) mass is 385 g/mol. The Labute approximate surface area is 165 Å². The molecular weight excluding hydrogens is 362 g/mol. The molecule has 1 amide bonds. The fraction of sp³-hybridized carbons (Fsp3) is 0.381. The fourth-order valence-corrected chi connectivity index (χ4v) is 3.96. The molecule has 0 aliphatic carbocycles. The molecule has 2 aromatic rings. The van der Waals surface area contributed by atoms with Crippen LogP contribution in [0.5, 0.6) is 0 Å². The number of anilines is 2. The summed E-state index contributed by atoms with van der Waals surface area (Å²) in [5.41, 5.74) is 3.25. The molecule has 5 nitrogen and oxygen atoms in total. The summed E-state index contributed by atoms with van der Waals surface area (Å²) in [5.74, 6) is 0. The quantitative estimate of drug-likeness (QED) is 0.779. The molecule has 142 valence electrons. The van der Waals surface area contributed by atoms with Crippen LogP contribution in [0.3, 0.4) is 0 Å². The van der Waals surface area contributed by atoms with Crippen molar-refractivity contribution >= 4 is 29.1 Å². The third-order valence-electron chi connectivity index (χ3n) is 5.26. The minimum absolute atomic E-state index is 0.237. The lowest BCUT2D eigenvalue weighted by atomic mass is 10.1. The summed E-state index contributed by atoms with van der Waals surface area (Å²) in [4.78, 5) is 18.7. The molecule has 2 aromatic carbocycles. The Morgan fingerprint density at radius 3 is 2.59 bits per heavy atom. The van der Waals surface area contributed by atoms with E-state index in [1.807, 2.05) is 42.5 Å². The van der Waals surface area contributed by atoms with Crippen molar-refractivity contribution in [3.05, 3.63) is 59.1 Å². The first-order valence-corrected chi connectivity index (χ1v) is 9.83. The van der Waals surface area contributed by atoms with E-state index in [2.05, 4.69) is 15.9 Å². The van der Waals surface area contributed by atoms with Crippen LogP contribution in [-0.2, 0) is 11.3 Å². The Hall–Kier alpha value is -2.24. The second-order valence-corrected chi connectivity index (χ2v) is 7.43. The van der Waals surface area contributed by atoms with Gasteiger partial charge in [0, 0.05) is 49.0 Å². The second kappa shape index (κ2) is 8.19. The fourth-order valence-electron chi connectivity index (χ4n) is 3.78. The van der Waals surface area contributed by atoms with Gasteiger partial charge in [-0.1, -0.05) is 35.9 Å². The van der Waals surface area contributed by atoms with Crippen molar-refractivity contribution in [2.45, 2.75) is 13.0 Å². The molecule has 0 aromatic heterocycles. The number of carbonyl (C=O) groups is 1. The number of piperazine rings is 1. The highest BCUT2D eigenvalue weighted by Crippen LogP contribution is 2.27. The number of halogens is 1. The van der Waals surface area contributed by atoms with Gasteiger partial charge < -0.3 is 9.64 Å². The second-order valence-electron chi connectivity index (χ2n) is 7.00. The minimum Gasteiger partial charge on any atom is -0.444 e. The summed E-state index contributed by atoms with van der Waals surface area (Å²) in [5, 5.41) is 0.781. The Morgan fingerprint density at radius 1 is 0.963 bits per heavy atom. The SMILES string of the molecule is O=C1OCc2ccccc2N1CCCN1CCN(c2cccc(Cl)c2)CC1. The number of carbonyl (C=O) groups excluding carboxylic acids is 1. The standard InChI is InChI=1S/C21H24ClN3O2/c22-18-6-3-7-19(15-18)24-13-11-23(12-14-24)9-4-10-25-20-8-2-1-5-17(20)16-27-21(25)26/h1-3,5-8,15H,4,9-14,16H2. The van der Waals surface area contributed by atoms with Crippen LogP contribution in [-0.4, -0.2) is 50.3 Å². The van der Waals surface area contributed by atoms with Crippen LogP contribution in [0.25, 0.3) is 0 Å². The number of fused-ring (bicyclic) bond motifs is 1. The highest BCUT2D eigenvalue weighted by molar-refractivity contribution is 6.30. The van der Waals surface area contributed by atoms with Gasteiger partial charge in [0.25, 0.3) is 0 Å². The number of para-hydroxylation sites is 1. The van der Waals surface area contributed by atoms with Gasteiger partial charge in [0.2, 0.25) is 0 Å². The van der Waals surface area contributed by atoms with Crippen molar-refractivity contribution in [2.24, 2.45) is 0 Å². The Kier molecular flexibility index (Phi) is 5.50. The zero-order valence-electron chi connectivity index (χ0n) is 15.3. The van der Waals surface area contributed by atoms with E-state index in [0.29, 0.717) is 13.2 Å². The van der Waals surface area contributed by atoms with Crippen molar-refractivity contribution in [2.75, 3.05) is 49.1 Å². The zero-order valence-corrected chi connectivity index (χ0v) is 16.1. The predicted molar refractivity (Wildman–Crippen MR) is 109 cm³/mol. The molecule has 2 aliphatic rings. The van der Waals surface area contributed by atoms with E-state index in [-0.39, 0.29) is 6.09 Å².